The highest BCUT2D eigenvalue weighted by Crippen LogP contribution is 2.29. The zero-order chi connectivity index (χ0) is 15.6. The van der Waals surface area contributed by atoms with Crippen LogP contribution in [-0.4, -0.2) is 44.9 Å². The lowest BCUT2D eigenvalue weighted by molar-refractivity contribution is 0.341. The van der Waals surface area contributed by atoms with Gasteiger partial charge in [-0.3, -0.25) is 0 Å². The lowest BCUT2D eigenvalue weighted by Crippen LogP contribution is -2.48. The third-order valence-corrected chi connectivity index (χ3v) is 6.25. The van der Waals surface area contributed by atoms with Gasteiger partial charge in [-0.2, -0.15) is 12.7 Å². The second-order valence-corrected chi connectivity index (χ2v) is 7.99. The molecule has 6 heteroatoms. The molecule has 1 N–H and O–H groups in total. The molecule has 0 bridgehead atoms. The van der Waals surface area contributed by atoms with Crippen molar-refractivity contribution < 1.29 is 8.42 Å². The van der Waals surface area contributed by atoms with Crippen LogP contribution in [0.1, 0.15) is 31.7 Å². The van der Waals surface area contributed by atoms with Gasteiger partial charge in [0.25, 0.3) is 10.2 Å². The van der Waals surface area contributed by atoms with Crippen molar-refractivity contribution in [3.8, 4) is 0 Å². The molecule has 1 saturated heterocycles. The van der Waals surface area contributed by atoms with Crippen LogP contribution in [-0.2, 0) is 16.6 Å². The van der Waals surface area contributed by atoms with Gasteiger partial charge in [-0.05, 0) is 37.8 Å². The van der Waals surface area contributed by atoms with Crippen LogP contribution < -0.4 is 9.62 Å². The maximum Gasteiger partial charge on any atom is 0.279 e. The minimum atomic E-state index is -3.33. The van der Waals surface area contributed by atoms with E-state index in [-0.39, 0.29) is 6.04 Å². The molecule has 0 amide bonds. The highest BCUT2D eigenvalue weighted by Gasteiger charge is 2.27. The Bertz CT molecular complexity index is 612. The molecule has 1 aromatic rings. The Morgan fingerprint density at radius 2 is 1.86 bits per heavy atom. The number of piperidine rings is 1. The first-order chi connectivity index (χ1) is 10.6. The van der Waals surface area contributed by atoms with E-state index >= 15 is 0 Å². The van der Waals surface area contributed by atoms with Crippen LogP contribution in [0.2, 0.25) is 0 Å². The number of anilines is 1. The van der Waals surface area contributed by atoms with Crippen LogP contribution in [0.5, 0.6) is 0 Å². The number of fused-ring (bicyclic) bond motifs is 1. The summed E-state index contributed by atoms with van der Waals surface area (Å²) in [4.78, 5) is 2.30. The first-order valence-electron chi connectivity index (χ1n) is 8.17. The summed E-state index contributed by atoms with van der Waals surface area (Å²) >= 11 is 0. The predicted octanol–water partition coefficient (Wildman–Crippen LogP) is 1.76. The molecule has 1 fully saturated rings. The Kier molecular flexibility index (Phi) is 4.70. The van der Waals surface area contributed by atoms with Crippen molar-refractivity contribution in [3.05, 3.63) is 29.8 Å². The summed E-state index contributed by atoms with van der Waals surface area (Å²) in [7, 11) is -3.33. The molecule has 3 rings (SSSR count). The summed E-state index contributed by atoms with van der Waals surface area (Å²) in [6.45, 7) is 4.80. The second kappa shape index (κ2) is 6.56. The average Bonchev–Trinajstić information content (AvgIpc) is 2.98. The number of nitrogens with zero attached hydrogens (tertiary/aromatic N) is 2. The third kappa shape index (κ3) is 3.29. The van der Waals surface area contributed by atoms with E-state index in [9.17, 15) is 8.42 Å². The maximum atomic E-state index is 12.3. The van der Waals surface area contributed by atoms with Gasteiger partial charge in [0.2, 0.25) is 0 Å². The number of nitrogens with one attached hydrogen (secondary N) is 1. The van der Waals surface area contributed by atoms with E-state index < -0.39 is 10.2 Å². The Morgan fingerprint density at radius 1 is 1.14 bits per heavy atom. The maximum absolute atomic E-state index is 12.3. The molecule has 0 saturated carbocycles. The smallest absolute Gasteiger partial charge is 0.279 e. The molecule has 2 aliphatic heterocycles. The summed E-state index contributed by atoms with van der Waals surface area (Å²) in [5.74, 6) is 0. The molecule has 22 heavy (non-hydrogen) atoms. The van der Waals surface area contributed by atoms with E-state index in [4.69, 9.17) is 0 Å². The van der Waals surface area contributed by atoms with Gasteiger partial charge in [0.1, 0.15) is 0 Å². The van der Waals surface area contributed by atoms with Crippen molar-refractivity contribution in [3.63, 3.8) is 0 Å². The highest BCUT2D eigenvalue weighted by atomic mass is 32.2. The molecule has 0 aliphatic carbocycles. The average molecular weight is 323 g/mol. The van der Waals surface area contributed by atoms with Crippen molar-refractivity contribution in [2.45, 2.75) is 38.6 Å². The normalized spacial score (nSPS) is 20.9. The highest BCUT2D eigenvalue weighted by molar-refractivity contribution is 7.87. The minimum absolute atomic E-state index is 0.156. The number of rotatable bonds is 5. The molecule has 2 aliphatic rings. The third-order valence-electron chi connectivity index (χ3n) is 4.67. The molecule has 0 spiro atoms. The van der Waals surface area contributed by atoms with Gasteiger partial charge in [-0.1, -0.05) is 24.6 Å². The largest absolute Gasteiger partial charge is 0.367 e. The van der Waals surface area contributed by atoms with Gasteiger partial charge in [-0.25, -0.2) is 4.72 Å². The predicted molar refractivity (Wildman–Crippen MR) is 89.3 cm³/mol. The molecular formula is C16H25N3O2S. The monoisotopic (exact) mass is 323 g/mol. The van der Waals surface area contributed by atoms with Crippen molar-refractivity contribution >= 4 is 15.9 Å². The minimum Gasteiger partial charge on any atom is -0.367 e. The summed E-state index contributed by atoms with van der Waals surface area (Å²) in [5, 5.41) is 0. The van der Waals surface area contributed by atoms with Gasteiger partial charge < -0.3 is 4.90 Å². The molecule has 122 valence electrons. The van der Waals surface area contributed by atoms with E-state index in [0.717, 1.165) is 32.2 Å². The Hall–Kier alpha value is -1.11. The zero-order valence-corrected chi connectivity index (χ0v) is 14.0. The standard InChI is InChI=1S/C16H25N3O2S/c1-14(19-12-9-15-7-3-4-8-16(15)19)13-17-22(20,21)18-10-5-2-6-11-18/h3-4,7-8,14,17H,2,5-6,9-13H2,1H3. The first-order valence-corrected chi connectivity index (χ1v) is 9.61. The van der Waals surface area contributed by atoms with Crippen LogP contribution in [0, 0.1) is 0 Å². The van der Waals surface area contributed by atoms with E-state index in [2.05, 4.69) is 34.7 Å². The molecular weight excluding hydrogens is 298 g/mol. The van der Waals surface area contributed by atoms with Crippen LogP contribution in [0.4, 0.5) is 5.69 Å². The molecule has 1 aromatic carbocycles. The Labute approximate surface area is 133 Å². The fourth-order valence-corrected chi connectivity index (χ4v) is 4.73. The molecule has 1 atom stereocenters. The summed E-state index contributed by atoms with van der Waals surface area (Å²) in [6, 6.07) is 8.54. The first kappa shape index (κ1) is 15.8. The summed E-state index contributed by atoms with van der Waals surface area (Å²) < 4.78 is 29.1. The van der Waals surface area contributed by atoms with Gasteiger partial charge in [0.05, 0.1) is 0 Å². The van der Waals surface area contributed by atoms with Crippen molar-refractivity contribution in [2.75, 3.05) is 31.1 Å². The summed E-state index contributed by atoms with van der Waals surface area (Å²) in [6.07, 6.45) is 4.11. The van der Waals surface area contributed by atoms with Gasteiger partial charge in [0.15, 0.2) is 0 Å². The molecule has 0 radical (unpaired) electrons. The molecule has 2 heterocycles. The van der Waals surface area contributed by atoms with Crippen LogP contribution in [0.15, 0.2) is 24.3 Å². The molecule has 0 aromatic heterocycles. The van der Waals surface area contributed by atoms with E-state index in [0.29, 0.717) is 19.6 Å². The fourth-order valence-electron chi connectivity index (χ4n) is 3.35. The van der Waals surface area contributed by atoms with E-state index in [1.165, 1.54) is 11.3 Å². The summed E-state index contributed by atoms with van der Waals surface area (Å²) in [5.41, 5.74) is 2.60. The second-order valence-electron chi connectivity index (χ2n) is 6.23. The number of hydrogen-bond acceptors (Lipinski definition) is 3. The Balaban J connectivity index is 1.60. The number of para-hydroxylation sites is 1. The molecule has 5 nitrogen and oxygen atoms in total. The van der Waals surface area contributed by atoms with Gasteiger partial charge in [0, 0.05) is 37.9 Å². The SMILES string of the molecule is CC(CNS(=O)(=O)N1CCCCC1)N1CCc2ccccc21. The van der Waals surface area contributed by atoms with Crippen molar-refractivity contribution in [1.29, 1.82) is 0 Å². The van der Waals surface area contributed by atoms with Gasteiger partial charge in [-0.15, -0.1) is 0 Å². The van der Waals surface area contributed by atoms with E-state index in [1.807, 2.05) is 6.07 Å². The van der Waals surface area contributed by atoms with Crippen LogP contribution in [0.25, 0.3) is 0 Å². The number of hydrogen-bond donors (Lipinski definition) is 1. The lowest BCUT2D eigenvalue weighted by atomic mass is 10.2. The number of benzene rings is 1. The van der Waals surface area contributed by atoms with Crippen LogP contribution in [0.3, 0.4) is 0 Å². The topological polar surface area (TPSA) is 52.7 Å². The lowest BCUT2D eigenvalue weighted by Gasteiger charge is -2.30. The van der Waals surface area contributed by atoms with Crippen LogP contribution >= 0.6 is 0 Å². The van der Waals surface area contributed by atoms with E-state index in [1.54, 1.807) is 4.31 Å². The Morgan fingerprint density at radius 3 is 2.64 bits per heavy atom. The molecule has 1 unspecified atom stereocenters. The zero-order valence-electron chi connectivity index (χ0n) is 13.2. The van der Waals surface area contributed by atoms with Gasteiger partial charge >= 0.3 is 0 Å². The van der Waals surface area contributed by atoms with Crippen molar-refractivity contribution in [2.24, 2.45) is 0 Å². The quantitative estimate of drug-likeness (QED) is 0.898. The van der Waals surface area contributed by atoms with Crippen molar-refractivity contribution in [1.82, 2.24) is 9.03 Å². The fraction of sp³-hybridized carbons (Fsp3) is 0.625.